The van der Waals surface area contributed by atoms with Crippen molar-refractivity contribution in [3.63, 3.8) is 0 Å². The Bertz CT molecular complexity index is 556. The third-order valence-corrected chi connectivity index (χ3v) is 2.43. The summed E-state index contributed by atoms with van der Waals surface area (Å²) in [6.45, 7) is -0.241. The Morgan fingerprint density at radius 2 is 1.61 bits per heavy atom. The molecule has 1 aromatic rings. The summed E-state index contributed by atoms with van der Waals surface area (Å²) in [4.78, 5) is 44.3. The zero-order chi connectivity index (χ0) is 17.1. The molecule has 0 radical (unpaired) electrons. The molecule has 0 spiro atoms. The van der Waals surface area contributed by atoms with Gasteiger partial charge in [0.1, 0.15) is 13.2 Å². The molecule has 0 bridgehead atoms. The number of hydrogen-bond donors (Lipinski definition) is 1. The monoisotopic (exact) mass is 323 g/mol. The van der Waals surface area contributed by atoms with E-state index in [2.05, 4.69) is 14.8 Å². The number of esters is 3. The maximum absolute atomic E-state index is 11.4. The van der Waals surface area contributed by atoms with Gasteiger partial charge in [-0.3, -0.25) is 14.4 Å². The quantitative estimate of drug-likeness (QED) is 0.528. The van der Waals surface area contributed by atoms with E-state index < -0.39 is 37.0 Å². The van der Waals surface area contributed by atoms with Gasteiger partial charge in [-0.2, -0.15) is 0 Å². The molecule has 1 rings (SSSR count). The number of nitrogens with one attached hydrogen (secondary N) is 1. The van der Waals surface area contributed by atoms with Crippen molar-refractivity contribution < 1.29 is 33.4 Å². The van der Waals surface area contributed by atoms with Crippen molar-refractivity contribution in [1.29, 1.82) is 0 Å². The molecule has 0 aliphatic heterocycles. The summed E-state index contributed by atoms with van der Waals surface area (Å²) >= 11 is 0. The number of hydrogen-bond acceptors (Lipinski definition) is 7. The van der Waals surface area contributed by atoms with Crippen LogP contribution in [0.3, 0.4) is 0 Å². The molecule has 1 aromatic carbocycles. The maximum atomic E-state index is 11.4. The number of carbonyl (C=O) groups is 4. The first-order valence-corrected chi connectivity index (χ1v) is 6.72. The molecule has 0 atom stereocenters. The summed E-state index contributed by atoms with van der Waals surface area (Å²) in [5.41, 5.74) is 0.826. The van der Waals surface area contributed by atoms with Crippen LogP contribution in [-0.4, -0.2) is 43.6 Å². The predicted octanol–water partition coefficient (Wildman–Crippen LogP) is -0.0477. The third-order valence-electron chi connectivity index (χ3n) is 2.43. The normalized spacial score (nSPS) is 9.61. The van der Waals surface area contributed by atoms with Gasteiger partial charge in [0.2, 0.25) is 0 Å². The molecule has 23 heavy (non-hydrogen) atoms. The summed E-state index contributed by atoms with van der Waals surface area (Å²) in [5, 5.41) is 2.24. The lowest BCUT2D eigenvalue weighted by Gasteiger charge is -2.07. The highest BCUT2D eigenvalue weighted by atomic mass is 16.6. The second kappa shape index (κ2) is 9.93. The van der Waals surface area contributed by atoms with Crippen molar-refractivity contribution in [1.82, 2.24) is 5.32 Å². The Kier molecular flexibility index (Phi) is 7.84. The summed E-state index contributed by atoms with van der Waals surface area (Å²) in [7, 11) is 0. The topological polar surface area (TPSA) is 108 Å². The third kappa shape index (κ3) is 8.86. The molecule has 0 saturated carbocycles. The molecule has 0 fully saturated rings. The standard InChI is InChI=1S/C15H17NO7/c1-11(17)21-10-15(20)23-9-13(18)16-7-14(19)22-8-12-5-3-2-4-6-12/h2-6H,7-10H2,1H3,(H,16,18). The largest absolute Gasteiger partial charge is 0.460 e. The Hall–Kier alpha value is -2.90. The Morgan fingerprint density at radius 3 is 2.26 bits per heavy atom. The minimum absolute atomic E-state index is 0.104. The van der Waals surface area contributed by atoms with E-state index in [0.717, 1.165) is 12.5 Å². The second-order valence-corrected chi connectivity index (χ2v) is 4.36. The second-order valence-electron chi connectivity index (χ2n) is 4.36. The molecule has 0 aromatic heterocycles. The van der Waals surface area contributed by atoms with Crippen LogP contribution in [0.4, 0.5) is 0 Å². The van der Waals surface area contributed by atoms with E-state index in [1.165, 1.54) is 0 Å². The Labute approximate surface area is 132 Å². The van der Waals surface area contributed by atoms with E-state index >= 15 is 0 Å². The van der Waals surface area contributed by atoms with Gasteiger partial charge < -0.3 is 19.5 Å². The summed E-state index contributed by atoms with van der Waals surface area (Å²) in [5.74, 6) is -2.78. The fourth-order valence-electron chi connectivity index (χ4n) is 1.36. The van der Waals surface area contributed by atoms with Gasteiger partial charge in [-0.25, -0.2) is 4.79 Å². The molecule has 8 heteroatoms. The van der Waals surface area contributed by atoms with Gasteiger partial charge in [0.25, 0.3) is 5.91 Å². The first-order valence-electron chi connectivity index (χ1n) is 6.72. The van der Waals surface area contributed by atoms with E-state index in [-0.39, 0.29) is 13.2 Å². The first-order chi connectivity index (χ1) is 11.0. The van der Waals surface area contributed by atoms with Crippen LogP contribution in [0.15, 0.2) is 30.3 Å². The van der Waals surface area contributed by atoms with E-state index in [9.17, 15) is 19.2 Å². The number of benzene rings is 1. The van der Waals surface area contributed by atoms with Crippen LogP contribution in [0.2, 0.25) is 0 Å². The number of amides is 1. The highest BCUT2D eigenvalue weighted by Crippen LogP contribution is 2.00. The van der Waals surface area contributed by atoms with Gasteiger partial charge >= 0.3 is 17.9 Å². The lowest BCUT2D eigenvalue weighted by Crippen LogP contribution is -2.34. The van der Waals surface area contributed by atoms with E-state index in [1.54, 1.807) is 12.1 Å². The molecule has 0 heterocycles. The van der Waals surface area contributed by atoms with Gasteiger partial charge in [0, 0.05) is 6.92 Å². The predicted molar refractivity (Wildman–Crippen MR) is 76.8 cm³/mol. The molecular weight excluding hydrogens is 306 g/mol. The van der Waals surface area contributed by atoms with Crippen LogP contribution >= 0.6 is 0 Å². The van der Waals surface area contributed by atoms with Crippen LogP contribution in [0, 0.1) is 0 Å². The van der Waals surface area contributed by atoms with E-state index in [0.29, 0.717) is 0 Å². The summed E-state index contributed by atoms with van der Waals surface area (Å²) in [6, 6.07) is 9.07. The SMILES string of the molecule is CC(=O)OCC(=O)OCC(=O)NCC(=O)OCc1ccccc1. The number of ether oxygens (including phenoxy) is 3. The van der Waals surface area contributed by atoms with Crippen LogP contribution < -0.4 is 5.32 Å². The molecule has 0 aliphatic carbocycles. The van der Waals surface area contributed by atoms with E-state index in [1.807, 2.05) is 18.2 Å². The van der Waals surface area contributed by atoms with Crippen molar-refractivity contribution in [3.05, 3.63) is 35.9 Å². The van der Waals surface area contributed by atoms with Gasteiger partial charge in [-0.1, -0.05) is 30.3 Å². The molecule has 0 saturated heterocycles. The van der Waals surface area contributed by atoms with Crippen LogP contribution in [0.1, 0.15) is 12.5 Å². The van der Waals surface area contributed by atoms with Crippen molar-refractivity contribution in [2.75, 3.05) is 19.8 Å². The maximum Gasteiger partial charge on any atom is 0.344 e. The molecule has 1 N–H and O–H groups in total. The van der Waals surface area contributed by atoms with Crippen LogP contribution in [0.5, 0.6) is 0 Å². The zero-order valence-corrected chi connectivity index (χ0v) is 12.6. The van der Waals surface area contributed by atoms with Crippen molar-refractivity contribution >= 4 is 23.8 Å². The van der Waals surface area contributed by atoms with Crippen molar-refractivity contribution in [2.45, 2.75) is 13.5 Å². The zero-order valence-electron chi connectivity index (χ0n) is 12.6. The van der Waals surface area contributed by atoms with Crippen molar-refractivity contribution in [3.8, 4) is 0 Å². The molecule has 1 amide bonds. The van der Waals surface area contributed by atoms with Gasteiger partial charge in [-0.15, -0.1) is 0 Å². The molecule has 124 valence electrons. The average molecular weight is 323 g/mol. The molecule has 8 nitrogen and oxygen atoms in total. The molecular formula is C15H17NO7. The highest BCUT2D eigenvalue weighted by Gasteiger charge is 2.11. The number of carbonyl (C=O) groups excluding carboxylic acids is 4. The smallest absolute Gasteiger partial charge is 0.344 e. The Morgan fingerprint density at radius 1 is 0.913 bits per heavy atom. The fourth-order valence-corrected chi connectivity index (χ4v) is 1.36. The van der Waals surface area contributed by atoms with Crippen molar-refractivity contribution in [2.24, 2.45) is 0 Å². The lowest BCUT2D eigenvalue weighted by molar-refractivity contribution is -0.159. The first kappa shape index (κ1) is 18.1. The fraction of sp³-hybridized carbons (Fsp3) is 0.333. The molecule has 0 aliphatic rings. The van der Waals surface area contributed by atoms with Gasteiger partial charge in [0.05, 0.1) is 0 Å². The Balaban J connectivity index is 2.14. The lowest BCUT2D eigenvalue weighted by atomic mass is 10.2. The highest BCUT2D eigenvalue weighted by molar-refractivity contribution is 5.84. The number of rotatable bonds is 8. The van der Waals surface area contributed by atoms with Gasteiger partial charge in [0.15, 0.2) is 13.2 Å². The minimum Gasteiger partial charge on any atom is -0.460 e. The van der Waals surface area contributed by atoms with Crippen LogP contribution in [0.25, 0.3) is 0 Å². The van der Waals surface area contributed by atoms with Gasteiger partial charge in [-0.05, 0) is 5.56 Å². The average Bonchev–Trinajstić information content (AvgIpc) is 2.55. The molecule has 0 unspecified atom stereocenters. The summed E-state index contributed by atoms with van der Waals surface area (Å²) < 4.78 is 13.9. The van der Waals surface area contributed by atoms with Crippen LogP contribution in [-0.2, 0) is 40.0 Å². The van der Waals surface area contributed by atoms with E-state index in [4.69, 9.17) is 4.74 Å². The summed E-state index contributed by atoms with van der Waals surface area (Å²) in [6.07, 6.45) is 0. The minimum atomic E-state index is -0.859.